The first kappa shape index (κ1) is 15.5. The molecule has 7 nitrogen and oxygen atoms in total. The highest BCUT2D eigenvalue weighted by atomic mass is 32.2. The summed E-state index contributed by atoms with van der Waals surface area (Å²) in [5, 5.41) is 19.7. The number of nitriles is 1. The summed E-state index contributed by atoms with van der Waals surface area (Å²) < 4.78 is 26.8. The standard InChI is InChI=1S/C14H11N3O4S/c1-10-2-5-13(6-3-10)22(20,21)16-14-7-4-12(17(18)19)8-11(14)9-15/h2-8,16H,1H3. The third-order valence-corrected chi connectivity index (χ3v) is 4.29. The summed E-state index contributed by atoms with van der Waals surface area (Å²) in [5.41, 5.74) is 0.500. The van der Waals surface area contributed by atoms with Gasteiger partial charge in [-0.1, -0.05) is 17.7 Å². The maximum atomic E-state index is 12.2. The summed E-state index contributed by atoms with van der Waals surface area (Å²) in [6, 6.07) is 11.3. The zero-order valence-electron chi connectivity index (χ0n) is 11.5. The van der Waals surface area contributed by atoms with Gasteiger partial charge in [-0.05, 0) is 25.1 Å². The molecule has 0 aliphatic carbocycles. The first-order valence-electron chi connectivity index (χ1n) is 6.11. The molecule has 8 heteroatoms. The number of nitro benzene ring substituents is 1. The number of nitro groups is 1. The normalized spacial score (nSPS) is 10.7. The molecule has 2 rings (SSSR count). The molecule has 1 N–H and O–H groups in total. The summed E-state index contributed by atoms with van der Waals surface area (Å²) in [5.74, 6) is 0. The van der Waals surface area contributed by atoms with Gasteiger partial charge in [0.25, 0.3) is 15.7 Å². The number of hydrogen-bond acceptors (Lipinski definition) is 5. The van der Waals surface area contributed by atoms with Crippen molar-refractivity contribution in [2.75, 3.05) is 4.72 Å². The Kier molecular flexibility index (Phi) is 4.10. The van der Waals surface area contributed by atoms with Gasteiger partial charge in [0.05, 0.1) is 21.1 Å². The van der Waals surface area contributed by atoms with Gasteiger partial charge in [0.2, 0.25) is 0 Å². The molecule has 2 aromatic carbocycles. The molecule has 0 radical (unpaired) electrons. The van der Waals surface area contributed by atoms with Crippen LogP contribution in [0.15, 0.2) is 47.4 Å². The van der Waals surface area contributed by atoms with E-state index < -0.39 is 14.9 Å². The van der Waals surface area contributed by atoms with E-state index in [1.165, 1.54) is 18.2 Å². The van der Waals surface area contributed by atoms with Crippen LogP contribution in [0.1, 0.15) is 11.1 Å². The molecular formula is C14H11N3O4S. The molecule has 0 unspecified atom stereocenters. The van der Waals surface area contributed by atoms with Gasteiger partial charge < -0.3 is 0 Å². The van der Waals surface area contributed by atoms with Gasteiger partial charge in [0, 0.05) is 12.1 Å². The molecule has 0 saturated carbocycles. The van der Waals surface area contributed by atoms with Crippen molar-refractivity contribution in [3.63, 3.8) is 0 Å². The summed E-state index contributed by atoms with van der Waals surface area (Å²) in [4.78, 5) is 10.1. The first-order valence-corrected chi connectivity index (χ1v) is 7.60. The Morgan fingerprint density at radius 1 is 1.18 bits per heavy atom. The van der Waals surface area contributed by atoms with Crippen molar-refractivity contribution < 1.29 is 13.3 Å². The van der Waals surface area contributed by atoms with E-state index in [1.807, 2.05) is 6.92 Å². The Balaban J connectivity index is 2.40. The molecule has 0 aromatic heterocycles. The number of non-ortho nitro benzene ring substituents is 1. The van der Waals surface area contributed by atoms with E-state index in [0.717, 1.165) is 17.7 Å². The highest BCUT2D eigenvalue weighted by molar-refractivity contribution is 7.92. The Bertz CT molecular complexity index is 868. The molecule has 0 fully saturated rings. The van der Waals surface area contributed by atoms with Crippen LogP contribution in [0.2, 0.25) is 0 Å². The van der Waals surface area contributed by atoms with Crippen molar-refractivity contribution in [3.8, 4) is 6.07 Å². The highest BCUT2D eigenvalue weighted by Gasteiger charge is 2.18. The van der Waals surface area contributed by atoms with Crippen molar-refractivity contribution in [1.82, 2.24) is 0 Å². The second-order valence-corrected chi connectivity index (χ2v) is 6.20. The molecule has 0 spiro atoms. The van der Waals surface area contributed by atoms with Crippen LogP contribution >= 0.6 is 0 Å². The van der Waals surface area contributed by atoms with E-state index in [4.69, 9.17) is 5.26 Å². The summed E-state index contributed by atoms with van der Waals surface area (Å²) in [6.07, 6.45) is 0. The minimum Gasteiger partial charge on any atom is -0.278 e. The van der Waals surface area contributed by atoms with Crippen LogP contribution in [0.5, 0.6) is 0 Å². The summed E-state index contributed by atoms with van der Waals surface area (Å²) >= 11 is 0. The van der Waals surface area contributed by atoms with Crippen molar-refractivity contribution in [3.05, 3.63) is 63.7 Å². The van der Waals surface area contributed by atoms with E-state index in [2.05, 4.69) is 4.72 Å². The molecule has 0 saturated heterocycles. The molecule has 0 aliphatic heterocycles. The average Bonchev–Trinajstić information content (AvgIpc) is 2.47. The van der Waals surface area contributed by atoms with E-state index in [-0.39, 0.29) is 21.8 Å². The third kappa shape index (κ3) is 3.21. The quantitative estimate of drug-likeness (QED) is 0.687. The highest BCUT2D eigenvalue weighted by Crippen LogP contribution is 2.24. The van der Waals surface area contributed by atoms with E-state index in [0.29, 0.717) is 0 Å². The third-order valence-electron chi connectivity index (χ3n) is 2.91. The van der Waals surface area contributed by atoms with Gasteiger partial charge in [0.15, 0.2) is 0 Å². The number of benzene rings is 2. The molecule has 0 amide bonds. The molecule has 0 aliphatic rings. The minimum absolute atomic E-state index is 0.00586. The Morgan fingerprint density at radius 3 is 2.36 bits per heavy atom. The Morgan fingerprint density at radius 2 is 1.82 bits per heavy atom. The molecular weight excluding hydrogens is 306 g/mol. The van der Waals surface area contributed by atoms with Crippen molar-refractivity contribution in [2.24, 2.45) is 0 Å². The predicted octanol–water partition coefficient (Wildman–Crippen LogP) is 2.58. The van der Waals surface area contributed by atoms with Crippen LogP contribution in [0, 0.1) is 28.4 Å². The molecule has 22 heavy (non-hydrogen) atoms. The van der Waals surface area contributed by atoms with Gasteiger partial charge >= 0.3 is 0 Å². The zero-order valence-corrected chi connectivity index (χ0v) is 12.3. The Labute approximate surface area is 127 Å². The van der Waals surface area contributed by atoms with Crippen LogP contribution in [-0.4, -0.2) is 13.3 Å². The van der Waals surface area contributed by atoms with E-state index >= 15 is 0 Å². The lowest BCUT2D eigenvalue weighted by Crippen LogP contribution is -2.14. The Hall–Kier alpha value is -2.92. The monoisotopic (exact) mass is 317 g/mol. The largest absolute Gasteiger partial charge is 0.278 e. The van der Waals surface area contributed by atoms with Gasteiger partial charge in [-0.3, -0.25) is 14.8 Å². The van der Waals surface area contributed by atoms with Crippen LogP contribution in [0.3, 0.4) is 0 Å². The summed E-state index contributed by atoms with van der Waals surface area (Å²) in [6.45, 7) is 1.83. The molecule has 2 aromatic rings. The van der Waals surface area contributed by atoms with Crippen molar-refractivity contribution in [2.45, 2.75) is 11.8 Å². The van der Waals surface area contributed by atoms with Gasteiger partial charge in [-0.25, -0.2) is 8.42 Å². The maximum absolute atomic E-state index is 12.2. The average molecular weight is 317 g/mol. The fraction of sp³-hybridized carbons (Fsp3) is 0.0714. The number of nitrogens with zero attached hydrogens (tertiary/aromatic N) is 2. The maximum Gasteiger partial charge on any atom is 0.270 e. The van der Waals surface area contributed by atoms with Crippen molar-refractivity contribution >= 4 is 21.4 Å². The lowest BCUT2D eigenvalue weighted by molar-refractivity contribution is -0.384. The van der Waals surface area contributed by atoms with Crippen LogP contribution in [-0.2, 0) is 10.0 Å². The first-order chi connectivity index (χ1) is 10.3. The lowest BCUT2D eigenvalue weighted by atomic mass is 10.2. The zero-order chi connectivity index (χ0) is 16.3. The van der Waals surface area contributed by atoms with Gasteiger partial charge in [-0.2, -0.15) is 5.26 Å². The van der Waals surface area contributed by atoms with Crippen LogP contribution in [0.25, 0.3) is 0 Å². The fourth-order valence-corrected chi connectivity index (χ4v) is 2.83. The number of nitrogens with one attached hydrogen (secondary N) is 1. The molecule has 0 atom stereocenters. The van der Waals surface area contributed by atoms with Crippen molar-refractivity contribution in [1.29, 1.82) is 5.26 Å². The van der Waals surface area contributed by atoms with Gasteiger partial charge in [0.1, 0.15) is 6.07 Å². The topological polar surface area (TPSA) is 113 Å². The SMILES string of the molecule is Cc1ccc(S(=O)(=O)Nc2ccc([N+](=O)[O-])cc2C#N)cc1. The van der Waals surface area contributed by atoms with E-state index in [9.17, 15) is 18.5 Å². The molecule has 112 valence electrons. The smallest absolute Gasteiger partial charge is 0.270 e. The molecule has 0 heterocycles. The minimum atomic E-state index is -3.87. The summed E-state index contributed by atoms with van der Waals surface area (Å²) in [7, 11) is -3.87. The molecule has 0 bridgehead atoms. The van der Waals surface area contributed by atoms with Crippen LogP contribution in [0.4, 0.5) is 11.4 Å². The number of hydrogen-bond donors (Lipinski definition) is 1. The number of anilines is 1. The number of aryl methyl sites for hydroxylation is 1. The number of rotatable bonds is 4. The fourth-order valence-electron chi connectivity index (χ4n) is 1.75. The lowest BCUT2D eigenvalue weighted by Gasteiger charge is -2.09. The predicted molar refractivity (Wildman–Crippen MR) is 79.8 cm³/mol. The van der Waals surface area contributed by atoms with Gasteiger partial charge in [-0.15, -0.1) is 0 Å². The van der Waals surface area contributed by atoms with Crippen LogP contribution < -0.4 is 4.72 Å². The second-order valence-electron chi connectivity index (χ2n) is 4.52. The second kappa shape index (κ2) is 5.83. The van der Waals surface area contributed by atoms with E-state index in [1.54, 1.807) is 18.2 Å². The number of sulfonamides is 1.